The van der Waals surface area contributed by atoms with Crippen molar-refractivity contribution in [1.29, 1.82) is 0 Å². The molecule has 1 heterocycles. The van der Waals surface area contributed by atoms with Crippen LogP contribution in [0.1, 0.15) is 11.1 Å². The lowest BCUT2D eigenvalue weighted by atomic mass is 10.2. The molecule has 0 aliphatic carbocycles. The highest BCUT2D eigenvalue weighted by molar-refractivity contribution is 5.97. The summed E-state index contributed by atoms with van der Waals surface area (Å²) in [5.41, 5.74) is 6.21. The fourth-order valence-electron chi connectivity index (χ4n) is 1.71. The van der Waals surface area contributed by atoms with Crippen LogP contribution in [-0.4, -0.2) is 34.2 Å². The third kappa shape index (κ3) is 3.79. The van der Waals surface area contributed by atoms with E-state index in [9.17, 15) is 15.2 Å². The smallest absolute Gasteiger partial charge is 0.274 e. The fraction of sp³-hybridized carbons (Fsp3) is 0.0714. The summed E-state index contributed by atoms with van der Waals surface area (Å²) in [6, 6.07) is 5.57. The minimum absolute atomic E-state index is 0.0354. The molecule has 0 spiro atoms. The maximum absolute atomic E-state index is 10.9. The molecule has 23 heavy (non-hydrogen) atoms. The number of nitrogens with zero attached hydrogens (tertiary/aromatic N) is 4. The second-order valence-corrected chi connectivity index (χ2v) is 4.31. The molecule has 0 amide bonds. The average Bonchev–Trinajstić information content (AvgIpc) is 2.56. The number of phenolic OH excluding ortho intramolecular Hbond substituents is 1. The van der Waals surface area contributed by atoms with Crippen molar-refractivity contribution in [2.24, 2.45) is 15.9 Å². The third-order valence-corrected chi connectivity index (χ3v) is 2.86. The molecule has 2 aromatic rings. The average molecular weight is 315 g/mol. The standard InChI is InChI=1S/C14H13N5O4/c1-23-12-7-11(19(21)22)6-10(13(12)20)8-17-18-14(15)9-2-4-16-5-3-9/h2-8,20H,1H3,(H2,15,18)/b17-8+. The molecule has 3 N–H and O–H groups in total. The monoisotopic (exact) mass is 315 g/mol. The summed E-state index contributed by atoms with van der Waals surface area (Å²) in [4.78, 5) is 14.1. The Balaban J connectivity index is 2.32. The van der Waals surface area contributed by atoms with Crippen LogP contribution in [0.15, 0.2) is 46.9 Å². The number of non-ortho nitro benzene ring substituents is 1. The second kappa shape index (κ2) is 6.98. The molecule has 0 aliphatic rings. The lowest BCUT2D eigenvalue weighted by Gasteiger charge is -2.05. The Morgan fingerprint density at radius 3 is 2.74 bits per heavy atom. The van der Waals surface area contributed by atoms with Gasteiger partial charge in [-0.3, -0.25) is 15.1 Å². The normalized spacial score (nSPS) is 11.6. The van der Waals surface area contributed by atoms with Gasteiger partial charge in [-0.1, -0.05) is 0 Å². The number of hydrogen-bond donors (Lipinski definition) is 2. The first-order valence-electron chi connectivity index (χ1n) is 6.35. The zero-order valence-corrected chi connectivity index (χ0v) is 12.1. The van der Waals surface area contributed by atoms with Crippen LogP contribution >= 0.6 is 0 Å². The van der Waals surface area contributed by atoms with Crippen molar-refractivity contribution in [3.05, 3.63) is 57.9 Å². The van der Waals surface area contributed by atoms with Crippen LogP contribution in [0.3, 0.4) is 0 Å². The highest BCUT2D eigenvalue weighted by Gasteiger charge is 2.15. The van der Waals surface area contributed by atoms with Gasteiger partial charge in [0, 0.05) is 29.6 Å². The third-order valence-electron chi connectivity index (χ3n) is 2.86. The van der Waals surface area contributed by atoms with Gasteiger partial charge in [0.15, 0.2) is 17.3 Å². The maximum Gasteiger partial charge on any atom is 0.274 e. The second-order valence-electron chi connectivity index (χ2n) is 4.31. The molecule has 1 aromatic carbocycles. The van der Waals surface area contributed by atoms with Crippen molar-refractivity contribution in [2.45, 2.75) is 0 Å². The van der Waals surface area contributed by atoms with Crippen molar-refractivity contribution < 1.29 is 14.8 Å². The van der Waals surface area contributed by atoms with Crippen LogP contribution in [0.5, 0.6) is 11.5 Å². The summed E-state index contributed by atoms with van der Waals surface area (Å²) >= 11 is 0. The van der Waals surface area contributed by atoms with Crippen LogP contribution in [0.25, 0.3) is 0 Å². The van der Waals surface area contributed by atoms with Crippen LogP contribution in [-0.2, 0) is 0 Å². The largest absolute Gasteiger partial charge is 0.504 e. The van der Waals surface area contributed by atoms with Crippen molar-refractivity contribution >= 4 is 17.7 Å². The van der Waals surface area contributed by atoms with E-state index in [4.69, 9.17) is 10.5 Å². The summed E-state index contributed by atoms with van der Waals surface area (Å²) in [6.45, 7) is 0. The number of nitrogens with two attached hydrogens (primary N) is 1. The van der Waals surface area contributed by atoms with E-state index in [1.807, 2.05) is 0 Å². The predicted molar refractivity (Wildman–Crippen MR) is 83.9 cm³/mol. The molecule has 0 bridgehead atoms. The van der Waals surface area contributed by atoms with Gasteiger partial charge in [-0.15, -0.1) is 5.10 Å². The maximum atomic E-state index is 10.9. The SMILES string of the molecule is COc1cc([N+](=O)[O-])cc(/C=N/N=C(\N)c2ccncc2)c1O. The van der Waals surface area contributed by atoms with E-state index in [0.717, 1.165) is 18.3 Å². The Morgan fingerprint density at radius 1 is 1.43 bits per heavy atom. The minimum atomic E-state index is -0.603. The zero-order chi connectivity index (χ0) is 16.8. The van der Waals surface area contributed by atoms with Gasteiger partial charge in [0.05, 0.1) is 24.3 Å². The van der Waals surface area contributed by atoms with Gasteiger partial charge in [0.2, 0.25) is 0 Å². The van der Waals surface area contributed by atoms with E-state index >= 15 is 0 Å². The Morgan fingerprint density at radius 2 is 2.13 bits per heavy atom. The van der Waals surface area contributed by atoms with Crippen molar-refractivity contribution in [3.8, 4) is 11.5 Å². The zero-order valence-electron chi connectivity index (χ0n) is 12.1. The van der Waals surface area contributed by atoms with E-state index in [1.54, 1.807) is 24.5 Å². The summed E-state index contributed by atoms with van der Waals surface area (Å²) in [7, 11) is 1.29. The molecule has 0 aliphatic heterocycles. The lowest BCUT2D eigenvalue weighted by molar-refractivity contribution is -0.385. The van der Waals surface area contributed by atoms with Crippen molar-refractivity contribution in [3.63, 3.8) is 0 Å². The number of pyridine rings is 1. The molecule has 0 radical (unpaired) electrons. The summed E-state index contributed by atoms with van der Waals surface area (Å²) in [6.07, 6.45) is 4.26. The van der Waals surface area contributed by atoms with E-state index in [0.29, 0.717) is 5.56 Å². The number of nitro groups is 1. The molecule has 0 atom stereocenters. The first-order chi connectivity index (χ1) is 11.0. The Kier molecular flexibility index (Phi) is 4.82. The van der Waals surface area contributed by atoms with Crippen LogP contribution in [0.4, 0.5) is 5.69 Å². The molecular formula is C14H13N5O4. The number of ether oxygens (including phenoxy) is 1. The number of benzene rings is 1. The fourth-order valence-corrected chi connectivity index (χ4v) is 1.71. The predicted octanol–water partition coefficient (Wildman–Crippen LogP) is 1.44. The Bertz CT molecular complexity index is 774. The molecular weight excluding hydrogens is 302 g/mol. The molecule has 0 saturated carbocycles. The summed E-state index contributed by atoms with van der Waals surface area (Å²) in [5.74, 6) is -0.174. The number of nitro benzene ring substituents is 1. The van der Waals surface area contributed by atoms with E-state index in [2.05, 4.69) is 15.2 Å². The number of rotatable bonds is 5. The Hall–Kier alpha value is -3.49. The molecule has 2 rings (SSSR count). The molecule has 1 aromatic heterocycles. The number of phenols is 1. The minimum Gasteiger partial charge on any atom is -0.504 e. The van der Waals surface area contributed by atoms with Crippen LogP contribution in [0.2, 0.25) is 0 Å². The van der Waals surface area contributed by atoms with Gasteiger partial charge in [0.1, 0.15) is 0 Å². The number of aromatic nitrogens is 1. The highest BCUT2D eigenvalue weighted by atomic mass is 16.6. The molecule has 0 saturated heterocycles. The highest BCUT2D eigenvalue weighted by Crippen LogP contribution is 2.33. The van der Waals surface area contributed by atoms with Crippen LogP contribution in [0, 0.1) is 10.1 Å². The van der Waals surface area contributed by atoms with E-state index < -0.39 is 4.92 Å². The molecule has 0 fully saturated rings. The molecule has 0 unspecified atom stereocenters. The molecule has 9 nitrogen and oxygen atoms in total. The number of hydrogen-bond acceptors (Lipinski definition) is 7. The topological polar surface area (TPSA) is 136 Å². The van der Waals surface area contributed by atoms with Gasteiger partial charge >= 0.3 is 0 Å². The van der Waals surface area contributed by atoms with Gasteiger partial charge in [-0.2, -0.15) is 5.10 Å². The quantitative estimate of drug-likeness (QED) is 0.371. The van der Waals surface area contributed by atoms with Gasteiger partial charge in [-0.25, -0.2) is 0 Å². The summed E-state index contributed by atoms with van der Waals surface area (Å²) in [5, 5.41) is 28.3. The number of methoxy groups -OCH3 is 1. The first kappa shape index (κ1) is 15.9. The van der Waals surface area contributed by atoms with Crippen molar-refractivity contribution in [1.82, 2.24) is 4.98 Å². The number of aromatic hydroxyl groups is 1. The van der Waals surface area contributed by atoms with E-state index in [1.165, 1.54) is 7.11 Å². The Labute approximate surface area is 130 Å². The first-order valence-corrected chi connectivity index (χ1v) is 6.35. The summed E-state index contributed by atoms with van der Waals surface area (Å²) < 4.78 is 4.89. The van der Waals surface area contributed by atoms with Gasteiger partial charge in [-0.05, 0) is 12.1 Å². The van der Waals surface area contributed by atoms with Gasteiger partial charge in [0.25, 0.3) is 5.69 Å². The van der Waals surface area contributed by atoms with Gasteiger partial charge < -0.3 is 15.6 Å². The molecule has 118 valence electrons. The lowest BCUT2D eigenvalue weighted by Crippen LogP contribution is -2.12. The number of amidine groups is 1. The van der Waals surface area contributed by atoms with E-state index in [-0.39, 0.29) is 28.6 Å². The van der Waals surface area contributed by atoms with Crippen molar-refractivity contribution in [2.75, 3.05) is 7.11 Å². The van der Waals surface area contributed by atoms with Crippen LogP contribution < -0.4 is 10.5 Å². The molecule has 9 heteroatoms.